The van der Waals surface area contributed by atoms with Crippen molar-refractivity contribution in [3.63, 3.8) is 0 Å². The molecule has 0 aliphatic carbocycles. The molecule has 0 aliphatic rings. The van der Waals surface area contributed by atoms with E-state index >= 15 is 0 Å². The Bertz CT molecular complexity index is 274. The molecule has 0 aliphatic heterocycles. The highest BCUT2D eigenvalue weighted by Gasteiger charge is 2.72. The van der Waals surface area contributed by atoms with E-state index in [2.05, 4.69) is 25.5 Å². The van der Waals surface area contributed by atoms with Crippen LogP contribution in [0.25, 0.3) is 0 Å². The van der Waals surface area contributed by atoms with Gasteiger partial charge in [0, 0.05) is 7.11 Å². The quantitative estimate of drug-likeness (QED) is 0.284. The van der Waals surface area contributed by atoms with Crippen LogP contribution in [0.15, 0.2) is 12.8 Å². The van der Waals surface area contributed by atoms with Crippen molar-refractivity contribution in [1.82, 2.24) is 0 Å². The van der Waals surface area contributed by atoms with Crippen LogP contribution < -0.4 is 0 Å². The molecule has 120 valence electrons. The number of hydrogen-bond acceptors (Lipinski definition) is 4. The molecule has 0 heterocycles. The maximum absolute atomic E-state index is 12.7. The number of halogens is 6. The number of ether oxygens (including phenoxy) is 4. The molecule has 0 saturated heterocycles. The van der Waals surface area contributed by atoms with E-state index in [0.29, 0.717) is 0 Å². The van der Waals surface area contributed by atoms with E-state index in [9.17, 15) is 26.3 Å². The van der Waals surface area contributed by atoms with Crippen molar-refractivity contribution in [1.29, 1.82) is 0 Å². The highest BCUT2D eigenvalue weighted by molar-refractivity contribution is 4.96. The van der Waals surface area contributed by atoms with Gasteiger partial charge >= 0.3 is 12.4 Å². The molecule has 0 fully saturated rings. The molecule has 0 aromatic heterocycles. The Hall–Kier alpha value is -1.00. The molecule has 0 radical (unpaired) electrons. The topological polar surface area (TPSA) is 36.9 Å². The summed E-state index contributed by atoms with van der Waals surface area (Å²) in [6.45, 7) is -0.528. The average Bonchev–Trinajstić information content (AvgIpc) is 2.29. The standard InChI is InChI=1S/C10H14F6O4/c1-3-18-4-5-19-6-8(9(11,12)13,10(14,15)16)20-7-17-2/h3H,1,4-7H2,2H3. The van der Waals surface area contributed by atoms with Gasteiger partial charge in [0.2, 0.25) is 0 Å². The van der Waals surface area contributed by atoms with Gasteiger partial charge in [-0.1, -0.05) is 6.58 Å². The molecular formula is C10H14F6O4. The SMILES string of the molecule is C=COCCOCC(OCOC)(C(F)(F)F)C(F)(F)F. The van der Waals surface area contributed by atoms with Crippen molar-refractivity contribution in [3.05, 3.63) is 12.8 Å². The third-order valence-electron chi connectivity index (χ3n) is 2.11. The van der Waals surface area contributed by atoms with E-state index in [-0.39, 0.29) is 6.61 Å². The van der Waals surface area contributed by atoms with E-state index in [1.807, 2.05) is 0 Å². The number of rotatable bonds is 9. The zero-order valence-corrected chi connectivity index (χ0v) is 10.5. The summed E-state index contributed by atoms with van der Waals surface area (Å²) in [5.74, 6) is 0. The Morgan fingerprint density at radius 2 is 1.55 bits per heavy atom. The van der Waals surface area contributed by atoms with E-state index in [0.717, 1.165) is 13.4 Å². The third-order valence-corrected chi connectivity index (χ3v) is 2.11. The van der Waals surface area contributed by atoms with E-state index in [1.54, 1.807) is 0 Å². The molecule has 20 heavy (non-hydrogen) atoms. The molecule has 0 amide bonds. The van der Waals surface area contributed by atoms with Crippen molar-refractivity contribution < 1.29 is 45.3 Å². The Balaban J connectivity index is 4.96. The van der Waals surface area contributed by atoms with Gasteiger partial charge in [-0.15, -0.1) is 0 Å². The molecular weight excluding hydrogens is 298 g/mol. The zero-order valence-electron chi connectivity index (χ0n) is 10.5. The lowest BCUT2D eigenvalue weighted by atomic mass is 10.0. The lowest BCUT2D eigenvalue weighted by molar-refractivity contribution is -0.401. The van der Waals surface area contributed by atoms with Crippen LogP contribution in [0.1, 0.15) is 0 Å². The van der Waals surface area contributed by atoms with Crippen molar-refractivity contribution in [3.8, 4) is 0 Å². The number of hydrogen-bond donors (Lipinski definition) is 0. The first kappa shape index (κ1) is 19.0. The van der Waals surface area contributed by atoms with Crippen LogP contribution in [-0.4, -0.2) is 51.7 Å². The Labute approximate surface area is 111 Å². The smallest absolute Gasteiger partial charge is 0.428 e. The molecule has 0 unspecified atom stereocenters. The van der Waals surface area contributed by atoms with E-state index in [1.165, 1.54) is 0 Å². The van der Waals surface area contributed by atoms with Gasteiger partial charge in [0.25, 0.3) is 5.60 Å². The van der Waals surface area contributed by atoms with Gasteiger partial charge in [0.15, 0.2) is 0 Å². The van der Waals surface area contributed by atoms with Crippen LogP contribution in [0.3, 0.4) is 0 Å². The molecule has 0 aromatic carbocycles. The summed E-state index contributed by atoms with van der Waals surface area (Å²) in [6, 6.07) is 0. The Kier molecular flexibility index (Phi) is 7.31. The van der Waals surface area contributed by atoms with Crippen molar-refractivity contribution in [2.24, 2.45) is 0 Å². The fourth-order valence-electron chi connectivity index (χ4n) is 1.10. The van der Waals surface area contributed by atoms with Crippen LogP contribution in [-0.2, 0) is 18.9 Å². The van der Waals surface area contributed by atoms with Crippen molar-refractivity contribution in [2.45, 2.75) is 18.0 Å². The summed E-state index contributed by atoms with van der Waals surface area (Å²) in [5.41, 5.74) is -4.45. The first-order valence-corrected chi connectivity index (χ1v) is 5.19. The molecule has 4 nitrogen and oxygen atoms in total. The second-order valence-electron chi connectivity index (χ2n) is 3.46. The summed E-state index contributed by atoms with van der Waals surface area (Å²) < 4.78 is 93.3. The predicted octanol–water partition coefficient (Wildman–Crippen LogP) is 2.65. The van der Waals surface area contributed by atoms with Gasteiger partial charge in [0.1, 0.15) is 13.4 Å². The first-order valence-electron chi connectivity index (χ1n) is 5.19. The number of methoxy groups -OCH3 is 1. The zero-order chi connectivity index (χ0) is 15.9. The van der Waals surface area contributed by atoms with Gasteiger partial charge in [-0.2, -0.15) is 26.3 Å². The lowest BCUT2D eigenvalue weighted by Crippen LogP contribution is -2.62. The summed E-state index contributed by atoms with van der Waals surface area (Å²) >= 11 is 0. The van der Waals surface area contributed by atoms with Gasteiger partial charge in [-0.05, 0) is 0 Å². The first-order chi connectivity index (χ1) is 9.12. The summed E-state index contributed by atoms with van der Waals surface area (Å²) in [4.78, 5) is 0. The van der Waals surface area contributed by atoms with Crippen LogP contribution in [0.5, 0.6) is 0 Å². The molecule has 10 heteroatoms. The normalized spacial score (nSPS) is 13.3. The van der Waals surface area contributed by atoms with Crippen LogP contribution in [0, 0.1) is 0 Å². The monoisotopic (exact) mass is 312 g/mol. The second kappa shape index (κ2) is 7.70. The Morgan fingerprint density at radius 3 is 1.95 bits per heavy atom. The fourth-order valence-corrected chi connectivity index (χ4v) is 1.10. The molecule has 0 rings (SSSR count). The summed E-state index contributed by atoms with van der Waals surface area (Å²) in [6.07, 6.45) is -10.5. The minimum absolute atomic E-state index is 0.237. The van der Waals surface area contributed by atoms with Gasteiger partial charge in [-0.25, -0.2) is 0 Å². The average molecular weight is 312 g/mol. The molecule has 0 saturated carbocycles. The van der Waals surface area contributed by atoms with E-state index < -0.39 is 38.0 Å². The lowest BCUT2D eigenvalue weighted by Gasteiger charge is -2.36. The van der Waals surface area contributed by atoms with Gasteiger partial charge in [-0.3, -0.25) is 0 Å². The van der Waals surface area contributed by atoms with Crippen LogP contribution in [0.4, 0.5) is 26.3 Å². The summed E-state index contributed by atoms with van der Waals surface area (Å²) in [5, 5.41) is 0. The van der Waals surface area contributed by atoms with Crippen molar-refractivity contribution in [2.75, 3.05) is 33.7 Å². The minimum atomic E-state index is -5.72. The maximum atomic E-state index is 12.7. The molecule has 0 spiro atoms. The highest BCUT2D eigenvalue weighted by Crippen LogP contribution is 2.46. The third kappa shape index (κ3) is 4.84. The van der Waals surface area contributed by atoms with Crippen LogP contribution >= 0.6 is 0 Å². The molecule has 0 aromatic rings. The largest absolute Gasteiger partial charge is 0.499 e. The number of alkyl halides is 6. The maximum Gasteiger partial charge on any atom is 0.428 e. The van der Waals surface area contributed by atoms with Crippen LogP contribution in [0.2, 0.25) is 0 Å². The van der Waals surface area contributed by atoms with Gasteiger partial charge < -0.3 is 18.9 Å². The van der Waals surface area contributed by atoms with Gasteiger partial charge in [0.05, 0.1) is 19.5 Å². The van der Waals surface area contributed by atoms with E-state index in [4.69, 9.17) is 0 Å². The van der Waals surface area contributed by atoms with Crippen molar-refractivity contribution >= 4 is 0 Å². The minimum Gasteiger partial charge on any atom is -0.499 e. The molecule has 0 bridgehead atoms. The molecule has 0 atom stereocenters. The highest BCUT2D eigenvalue weighted by atomic mass is 19.4. The summed E-state index contributed by atoms with van der Waals surface area (Å²) in [7, 11) is 0.899. The molecule has 0 N–H and O–H groups in total. The second-order valence-corrected chi connectivity index (χ2v) is 3.46. The fraction of sp³-hybridized carbons (Fsp3) is 0.800. The predicted molar refractivity (Wildman–Crippen MR) is 54.8 cm³/mol. The Morgan fingerprint density at radius 1 is 1.00 bits per heavy atom.